The molecule has 6 nitrogen and oxygen atoms in total. The molecule has 1 aliphatic heterocycles. The summed E-state index contributed by atoms with van der Waals surface area (Å²) in [5.41, 5.74) is 0.0656. The fraction of sp³-hybridized carbons (Fsp3) is 0.889. The van der Waals surface area contributed by atoms with E-state index >= 15 is 0 Å². The highest BCUT2D eigenvalue weighted by Crippen LogP contribution is 2.23. The van der Waals surface area contributed by atoms with E-state index in [2.05, 4.69) is 43.2 Å². The lowest BCUT2D eigenvalue weighted by Gasteiger charge is -2.35. The smallest absolute Gasteiger partial charge is 0.220 e. The number of piperidine rings is 1. The number of rotatable bonds is 6. The number of hydrogen-bond acceptors (Lipinski definition) is 3. The number of likely N-dealkylation sites (tertiary alicyclic amines) is 1. The topological polar surface area (TPSA) is 66.0 Å². The van der Waals surface area contributed by atoms with Crippen molar-refractivity contribution in [3.63, 3.8) is 0 Å². The first-order chi connectivity index (χ1) is 11.3. The number of carbonyl (C=O) groups excluding carboxylic acids is 1. The van der Waals surface area contributed by atoms with Gasteiger partial charge in [-0.25, -0.2) is 0 Å². The summed E-state index contributed by atoms with van der Waals surface area (Å²) in [5, 5.41) is 6.11. The normalized spacial score (nSPS) is 18.4. The number of guanidine groups is 1. The van der Waals surface area contributed by atoms with Crippen molar-refractivity contribution in [1.82, 2.24) is 15.5 Å². The fourth-order valence-corrected chi connectivity index (χ4v) is 3.01. The molecule has 0 aromatic heterocycles. The van der Waals surface area contributed by atoms with Crippen molar-refractivity contribution >= 4 is 11.9 Å². The van der Waals surface area contributed by atoms with Crippen molar-refractivity contribution < 1.29 is 9.53 Å². The zero-order valence-corrected chi connectivity index (χ0v) is 16.3. The van der Waals surface area contributed by atoms with Crippen LogP contribution < -0.4 is 10.6 Å². The quantitative estimate of drug-likeness (QED) is 0.572. The molecule has 2 N–H and O–H groups in total. The Bertz CT molecular complexity index is 410. The molecule has 0 radical (unpaired) electrons. The van der Waals surface area contributed by atoms with Crippen LogP contribution in [0.1, 0.15) is 47.0 Å². The molecule has 0 aromatic carbocycles. The summed E-state index contributed by atoms with van der Waals surface area (Å²) < 4.78 is 5.61. The van der Waals surface area contributed by atoms with Gasteiger partial charge in [0.2, 0.25) is 5.91 Å². The van der Waals surface area contributed by atoms with Crippen LogP contribution in [0.15, 0.2) is 4.99 Å². The number of aliphatic imine (C=N–C) groups is 1. The van der Waals surface area contributed by atoms with Crippen LogP contribution >= 0.6 is 0 Å². The van der Waals surface area contributed by atoms with Crippen LogP contribution in [0.4, 0.5) is 0 Å². The van der Waals surface area contributed by atoms with Gasteiger partial charge in [-0.05, 0) is 31.1 Å². The Morgan fingerprint density at radius 2 is 1.96 bits per heavy atom. The number of nitrogens with one attached hydrogen (secondary N) is 2. The van der Waals surface area contributed by atoms with Crippen molar-refractivity contribution in [3.05, 3.63) is 0 Å². The fourth-order valence-electron chi connectivity index (χ4n) is 3.01. The molecule has 1 unspecified atom stereocenters. The summed E-state index contributed by atoms with van der Waals surface area (Å²) in [7, 11) is 3.46. The third-order valence-electron chi connectivity index (χ3n) is 4.66. The number of ether oxygens (including phenoxy) is 1. The number of carbonyl (C=O) groups is 1. The van der Waals surface area contributed by atoms with Crippen LogP contribution in [0.2, 0.25) is 0 Å². The van der Waals surface area contributed by atoms with Gasteiger partial charge < -0.3 is 20.3 Å². The molecule has 0 spiro atoms. The average molecular weight is 341 g/mol. The lowest BCUT2D eigenvalue weighted by molar-refractivity contribution is -0.121. The van der Waals surface area contributed by atoms with Crippen LogP contribution in [-0.2, 0) is 9.53 Å². The highest BCUT2D eigenvalue weighted by molar-refractivity contribution is 5.80. The third kappa shape index (κ3) is 6.67. The van der Waals surface area contributed by atoms with Crippen LogP contribution in [0, 0.1) is 11.3 Å². The first-order valence-electron chi connectivity index (χ1n) is 9.08. The van der Waals surface area contributed by atoms with Gasteiger partial charge in [-0.2, -0.15) is 0 Å². The van der Waals surface area contributed by atoms with Gasteiger partial charge in [0.05, 0.1) is 12.6 Å². The predicted octanol–water partition coefficient (Wildman–Crippen LogP) is 1.86. The Morgan fingerprint density at radius 3 is 2.42 bits per heavy atom. The maximum absolute atomic E-state index is 11.5. The molecule has 140 valence electrons. The molecule has 1 aliphatic rings. The Balaban J connectivity index is 2.62. The third-order valence-corrected chi connectivity index (χ3v) is 4.66. The van der Waals surface area contributed by atoms with E-state index in [9.17, 15) is 4.79 Å². The standard InChI is InChI=1S/C18H36N4O2/c1-7-20-17(21-13-15(24-6)18(2,3)4)22-10-8-14(9-11-22)12-16(23)19-5/h14-15H,7-13H2,1-6H3,(H,19,23)(H,20,21). The summed E-state index contributed by atoms with van der Waals surface area (Å²) in [6, 6.07) is 0. The number of methoxy groups -OCH3 is 1. The van der Waals surface area contributed by atoms with E-state index in [1.165, 1.54) is 0 Å². The maximum atomic E-state index is 11.5. The molecule has 1 fully saturated rings. The molecular formula is C18H36N4O2. The van der Waals surface area contributed by atoms with Crippen LogP contribution in [0.25, 0.3) is 0 Å². The summed E-state index contributed by atoms with van der Waals surface area (Å²) in [4.78, 5) is 18.6. The van der Waals surface area contributed by atoms with Crippen LogP contribution in [0.3, 0.4) is 0 Å². The number of amides is 1. The molecule has 0 saturated carbocycles. The largest absolute Gasteiger partial charge is 0.379 e. The van der Waals surface area contributed by atoms with Crippen LogP contribution in [-0.4, -0.2) is 63.2 Å². The zero-order valence-electron chi connectivity index (χ0n) is 16.3. The minimum atomic E-state index is 0.0656. The van der Waals surface area contributed by atoms with Gasteiger partial charge in [0.25, 0.3) is 0 Å². The lowest BCUT2D eigenvalue weighted by atomic mass is 9.89. The Kier molecular flexibility index (Phi) is 8.53. The van der Waals surface area contributed by atoms with Crippen molar-refractivity contribution in [2.24, 2.45) is 16.3 Å². The lowest BCUT2D eigenvalue weighted by Crippen LogP contribution is -2.46. The summed E-state index contributed by atoms with van der Waals surface area (Å²) >= 11 is 0. The average Bonchev–Trinajstić information content (AvgIpc) is 2.54. The molecule has 0 aromatic rings. The monoisotopic (exact) mass is 340 g/mol. The van der Waals surface area contributed by atoms with E-state index in [1.807, 2.05) is 0 Å². The molecule has 1 saturated heterocycles. The number of hydrogen-bond donors (Lipinski definition) is 2. The molecule has 6 heteroatoms. The van der Waals surface area contributed by atoms with Crippen molar-refractivity contribution in [2.75, 3.05) is 40.3 Å². The Hall–Kier alpha value is -1.30. The highest BCUT2D eigenvalue weighted by atomic mass is 16.5. The van der Waals surface area contributed by atoms with Gasteiger partial charge in [-0.3, -0.25) is 9.79 Å². The Morgan fingerprint density at radius 1 is 1.33 bits per heavy atom. The summed E-state index contributed by atoms with van der Waals surface area (Å²) in [5.74, 6) is 1.58. The van der Waals surface area contributed by atoms with Crippen molar-refractivity contribution in [3.8, 4) is 0 Å². The van der Waals surface area contributed by atoms with Gasteiger partial charge >= 0.3 is 0 Å². The first kappa shape index (κ1) is 20.7. The van der Waals surface area contributed by atoms with Gasteiger partial charge in [-0.15, -0.1) is 0 Å². The van der Waals surface area contributed by atoms with Gasteiger partial charge in [0, 0.05) is 40.2 Å². The Labute approximate surface area is 147 Å². The van der Waals surface area contributed by atoms with E-state index in [-0.39, 0.29) is 17.4 Å². The zero-order chi connectivity index (χ0) is 18.2. The van der Waals surface area contributed by atoms with Gasteiger partial charge in [0.1, 0.15) is 0 Å². The van der Waals surface area contributed by atoms with E-state index in [4.69, 9.17) is 9.73 Å². The van der Waals surface area contributed by atoms with E-state index in [0.29, 0.717) is 18.9 Å². The minimum absolute atomic E-state index is 0.0656. The molecule has 1 amide bonds. The summed E-state index contributed by atoms with van der Waals surface area (Å²) in [6.45, 7) is 12.0. The van der Waals surface area contributed by atoms with Gasteiger partial charge in [-0.1, -0.05) is 20.8 Å². The first-order valence-corrected chi connectivity index (χ1v) is 9.08. The van der Waals surface area contributed by atoms with E-state index in [1.54, 1.807) is 14.2 Å². The van der Waals surface area contributed by atoms with Gasteiger partial charge in [0.15, 0.2) is 5.96 Å². The maximum Gasteiger partial charge on any atom is 0.220 e. The van der Waals surface area contributed by atoms with Crippen molar-refractivity contribution in [2.45, 2.75) is 53.1 Å². The van der Waals surface area contributed by atoms with E-state index < -0.39 is 0 Å². The molecular weight excluding hydrogens is 304 g/mol. The molecule has 1 rings (SSSR count). The predicted molar refractivity (Wildman–Crippen MR) is 99.2 cm³/mol. The van der Waals surface area contributed by atoms with Crippen molar-refractivity contribution in [1.29, 1.82) is 0 Å². The molecule has 24 heavy (non-hydrogen) atoms. The summed E-state index contributed by atoms with van der Waals surface area (Å²) in [6.07, 6.45) is 2.79. The minimum Gasteiger partial charge on any atom is -0.379 e. The molecule has 0 bridgehead atoms. The SMILES string of the molecule is CCNC(=NCC(OC)C(C)(C)C)N1CCC(CC(=O)NC)CC1. The second-order valence-electron chi connectivity index (χ2n) is 7.59. The van der Waals surface area contributed by atoms with E-state index in [0.717, 1.165) is 38.4 Å². The van der Waals surface area contributed by atoms with Crippen LogP contribution in [0.5, 0.6) is 0 Å². The molecule has 0 aliphatic carbocycles. The number of nitrogens with zero attached hydrogens (tertiary/aromatic N) is 2. The highest BCUT2D eigenvalue weighted by Gasteiger charge is 2.26. The molecule has 1 atom stereocenters. The second-order valence-corrected chi connectivity index (χ2v) is 7.59. The second kappa shape index (κ2) is 9.87. The molecule has 1 heterocycles.